The molecule has 0 radical (unpaired) electrons. The molecule has 0 bridgehead atoms. The number of likely N-dealkylation sites (tertiary alicyclic amines) is 1. The first-order valence-corrected chi connectivity index (χ1v) is 7.47. The van der Waals surface area contributed by atoms with Gasteiger partial charge in [-0.15, -0.1) is 0 Å². The molecule has 2 aliphatic heterocycles. The van der Waals surface area contributed by atoms with Crippen LogP contribution < -0.4 is 5.32 Å². The van der Waals surface area contributed by atoms with Gasteiger partial charge in [0.2, 0.25) is 5.91 Å². The van der Waals surface area contributed by atoms with E-state index in [0.717, 1.165) is 39.1 Å². The third-order valence-electron chi connectivity index (χ3n) is 3.96. The molecule has 2 fully saturated rings. The number of likely N-dealkylation sites (N-methyl/N-ethyl adjacent to an activating group) is 1. The van der Waals surface area contributed by atoms with Crippen LogP contribution in [0, 0.1) is 5.92 Å². The van der Waals surface area contributed by atoms with E-state index in [1.54, 1.807) is 0 Å². The van der Waals surface area contributed by atoms with Crippen molar-refractivity contribution < 1.29 is 14.3 Å². The monoisotopic (exact) mass is 270 g/mol. The number of carbonyl (C=O) groups excluding carboxylic acids is 1. The average Bonchev–Trinajstić information content (AvgIpc) is 2.87. The van der Waals surface area contributed by atoms with Crippen LogP contribution in [0.2, 0.25) is 0 Å². The molecule has 2 aliphatic rings. The molecule has 110 valence electrons. The van der Waals surface area contributed by atoms with Gasteiger partial charge in [0.1, 0.15) is 0 Å². The average molecular weight is 270 g/mol. The van der Waals surface area contributed by atoms with Crippen LogP contribution >= 0.6 is 0 Å². The first-order chi connectivity index (χ1) is 9.26. The lowest BCUT2D eigenvalue weighted by Crippen LogP contribution is -2.50. The van der Waals surface area contributed by atoms with Gasteiger partial charge in [-0.1, -0.05) is 6.92 Å². The first-order valence-electron chi connectivity index (χ1n) is 7.47. The zero-order valence-electron chi connectivity index (χ0n) is 12.1. The van der Waals surface area contributed by atoms with Gasteiger partial charge >= 0.3 is 0 Å². The molecule has 1 N–H and O–H groups in total. The number of hydrogen-bond acceptors (Lipinski definition) is 4. The molecule has 0 aromatic carbocycles. The van der Waals surface area contributed by atoms with Gasteiger partial charge in [-0.05, 0) is 26.3 Å². The topological polar surface area (TPSA) is 50.8 Å². The number of rotatable bonds is 5. The molecule has 1 amide bonds. The molecule has 0 aromatic heterocycles. The van der Waals surface area contributed by atoms with E-state index in [9.17, 15) is 4.79 Å². The first kappa shape index (κ1) is 14.8. The summed E-state index contributed by atoms with van der Waals surface area (Å²) in [6, 6.07) is 0.171. The highest BCUT2D eigenvalue weighted by atomic mass is 16.5. The number of nitrogens with one attached hydrogen (secondary N) is 1. The summed E-state index contributed by atoms with van der Waals surface area (Å²) in [4.78, 5) is 14.6. The van der Waals surface area contributed by atoms with E-state index in [0.29, 0.717) is 13.2 Å². The lowest BCUT2D eigenvalue weighted by Gasteiger charge is -2.34. The fourth-order valence-electron chi connectivity index (χ4n) is 3.01. The smallest absolute Gasteiger partial charge is 0.229 e. The summed E-state index contributed by atoms with van der Waals surface area (Å²) < 4.78 is 11.1. The Balaban J connectivity index is 1.91. The van der Waals surface area contributed by atoms with Crippen molar-refractivity contribution in [1.82, 2.24) is 10.2 Å². The molecule has 3 atom stereocenters. The van der Waals surface area contributed by atoms with Gasteiger partial charge in [-0.25, -0.2) is 0 Å². The molecular weight excluding hydrogens is 244 g/mol. The molecular formula is C14H26N2O3. The molecule has 0 aliphatic carbocycles. The van der Waals surface area contributed by atoms with E-state index in [4.69, 9.17) is 9.47 Å². The maximum atomic E-state index is 12.6. The van der Waals surface area contributed by atoms with E-state index in [2.05, 4.69) is 12.2 Å². The minimum absolute atomic E-state index is 0.0275. The van der Waals surface area contributed by atoms with Gasteiger partial charge in [-0.2, -0.15) is 0 Å². The van der Waals surface area contributed by atoms with Gasteiger partial charge in [0.15, 0.2) is 0 Å². The minimum Gasteiger partial charge on any atom is -0.379 e. The number of piperidine rings is 1. The van der Waals surface area contributed by atoms with Crippen molar-refractivity contribution in [3.8, 4) is 0 Å². The van der Waals surface area contributed by atoms with E-state index in [1.165, 1.54) is 0 Å². The summed E-state index contributed by atoms with van der Waals surface area (Å²) in [7, 11) is 0. The molecule has 0 saturated carbocycles. The minimum atomic E-state index is -0.0275. The summed E-state index contributed by atoms with van der Waals surface area (Å²) in [6.07, 6.45) is 2.31. The second-order valence-corrected chi connectivity index (χ2v) is 5.31. The van der Waals surface area contributed by atoms with Crippen LogP contribution in [0.3, 0.4) is 0 Å². The molecule has 3 unspecified atom stereocenters. The number of ether oxygens (including phenoxy) is 2. The lowest BCUT2D eigenvalue weighted by molar-refractivity contribution is -0.140. The summed E-state index contributed by atoms with van der Waals surface area (Å²) in [5.41, 5.74) is 0. The summed E-state index contributed by atoms with van der Waals surface area (Å²) in [5.74, 6) is 0.202. The quantitative estimate of drug-likeness (QED) is 0.796. The van der Waals surface area contributed by atoms with Gasteiger partial charge in [0, 0.05) is 25.7 Å². The summed E-state index contributed by atoms with van der Waals surface area (Å²) in [5, 5.41) is 3.35. The van der Waals surface area contributed by atoms with Gasteiger partial charge in [0.05, 0.1) is 25.2 Å². The maximum absolute atomic E-state index is 12.6. The molecule has 0 aromatic rings. The van der Waals surface area contributed by atoms with Crippen molar-refractivity contribution in [1.29, 1.82) is 0 Å². The van der Waals surface area contributed by atoms with E-state index < -0.39 is 0 Å². The Morgan fingerprint density at radius 2 is 2.26 bits per heavy atom. The number of amides is 1. The van der Waals surface area contributed by atoms with Crippen molar-refractivity contribution in [2.75, 3.05) is 39.5 Å². The molecule has 19 heavy (non-hydrogen) atoms. The number of nitrogens with zero attached hydrogens (tertiary/aromatic N) is 1. The Hall–Kier alpha value is -0.650. The van der Waals surface area contributed by atoms with E-state index >= 15 is 0 Å². The molecule has 0 spiro atoms. The van der Waals surface area contributed by atoms with Crippen molar-refractivity contribution in [2.24, 2.45) is 5.92 Å². The van der Waals surface area contributed by atoms with Gasteiger partial charge < -0.3 is 19.7 Å². The molecule has 2 rings (SSSR count). The Morgan fingerprint density at radius 3 is 3.00 bits per heavy atom. The zero-order chi connectivity index (χ0) is 13.7. The Labute approximate surface area is 115 Å². The molecule has 5 heteroatoms. The third-order valence-corrected chi connectivity index (χ3v) is 3.96. The highest BCUT2D eigenvalue weighted by molar-refractivity contribution is 5.80. The summed E-state index contributed by atoms with van der Waals surface area (Å²) >= 11 is 0. The van der Waals surface area contributed by atoms with Crippen LogP contribution in [0.25, 0.3) is 0 Å². The SMILES string of the molecule is CCNC1COCC1C(=O)N1CCCC(OCC)C1. The van der Waals surface area contributed by atoms with Crippen LogP contribution in [-0.4, -0.2) is 62.4 Å². The fourth-order valence-corrected chi connectivity index (χ4v) is 3.01. The zero-order valence-corrected chi connectivity index (χ0v) is 12.1. The molecule has 2 heterocycles. The third kappa shape index (κ3) is 3.68. The predicted molar refractivity (Wildman–Crippen MR) is 73.0 cm³/mol. The van der Waals surface area contributed by atoms with Crippen LogP contribution in [0.4, 0.5) is 0 Å². The fraction of sp³-hybridized carbons (Fsp3) is 0.929. The second-order valence-electron chi connectivity index (χ2n) is 5.31. The highest BCUT2D eigenvalue weighted by Gasteiger charge is 2.37. The summed E-state index contributed by atoms with van der Waals surface area (Å²) in [6.45, 7) is 8.45. The Morgan fingerprint density at radius 1 is 1.42 bits per heavy atom. The van der Waals surface area contributed by atoms with Crippen molar-refractivity contribution in [3.05, 3.63) is 0 Å². The number of carbonyl (C=O) groups is 1. The van der Waals surface area contributed by atoms with Crippen LogP contribution in [-0.2, 0) is 14.3 Å². The number of hydrogen-bond donors (Lipinski definition) is 1. The lowest BCUT2D eigenvalue weighted by atomic mass is 9.99. The van der Waals surface area contributed by atoms with Crippen LogP contribution in [0.5, 0.6) is 0 Å². The highest BCUT2D eigenvalue weighted by Crippen LogP contribution is 2.21. The van der Waals surface area contributed by atoms with Gasteiger partial charge in [0.25, 0.3) is 0 Å². The van der Waals surface area contributed by atoms with Crippen LogP contribution in [0.15, 0.2) is 0 Å². The van der Waals surface area contributed by atoms with Crippen molar-refractivity contribution >= 4 is 5.91 Å². The Bertz CT molecular complexity index is 296. The standard InChI is InChI=1S/C14H26N2O3/c1-3-15-13-10-18-9-12(13)14(17)16-7-5-6-11(8-16)19-4-2/h11-13,15H,3-10H2,1-2H3. The van der Waals surface area contributed by atoms with E-state index in [1.807, 2.05) is 11.8 Å². The second kappa shape index (κ2) is 7.22. The predicted octanol–water partition coefficient (Wildman–Crippen LogP) is 0.638. The normalized spacial score (nSPS) is 31.7. The van der Waals surface area contributed by atoms with Crippen molar-refractivity contribution in [2.45, 2.75) is 38.8 Å². The molecule has 2 saturated heterocycles. The largest absolute Gasteiger partial charge is 0.379 e. The van der Waals surface area contributed by atoms with E-state index in [-0.39, 0.29) is 24.0 Å². The maximum Gasteiger partial charge on any atom is 0.229 e. The van der Waals surface area contributed by atoms with Crippen LogP contribution in [0.1, 0.15) is 26.7 Å². The molecule has 5 nitrogen and oxygen atoms in total. The Kier molecular flexibility index (Phi) is 5.60. The van der Waals surface area contributed by atoms with Gasteiger partial charge in [-0.3, -0.25) is 4.79 Å². The van der Waals surface area contributed by atoms with Crippen molar-refractivity contribution in [3.63, 3.8) is 0 Å².